The molecule has 16 heavy (non-hydrogen) atoms. The van der Waals surface area contributed by atoms with Gasteiger partial charge in [-0.1, -0.05) is 0 Å². The van der Waals surface area contributed by atoms with Crippen LogP contribution in [0.4, 0.5) is 0 Å². The molecule has 1 aliphatic heterocycles. The van der Waals surface area contributed by atoms with Gasteiger partial charge in [-0.3, -0.25) is 14.5 Å². The van der Waals surface area contributed by atoms with Crippen LogP contribution < -0.4 is 0 Å². The molecule has 1 unspecified atom stereocenters. The second-order valence-electron chi connectivity index (χ2n) is 4.48. The Morgan fingerprint density at radius 1 is 1.50 bits per heavy atom. The number of esters is 1. The van der Waals surface area contributed by atoms with Crippen molar-refractivity contribution in [1.82, 2.24) is 4.90 Å². The van der Waals surface area contributed by atoms with Crippen LogP contribution in [0.15, 0.2) is 0 Å². The minimum absolute atomic E-state index is 0.156. The molecule has 1 atom stereocenters. The highest BCUT2D eigenvalue weighted by atomic mass is 16.5. The Bertz CT molecular complexity index is 275. The summed E-state index contributed by atoms with van der Waals surface area (Å²) in [6, 6.07) is 0. The van der Waals surface area contributed by atoms with Crippen LogP contribution in [0.2, 0.25) is 0 Å². The van der Waals surface area contributed by atoms with Crippen LogP contribution in [0.3, 0.4) is 0 Å². The largest absolute Gasteiger partial charge is 0.466 e. The van der Waals surface area contributed by atoms with Crippen molar-refractivity contribution in [2.45, 2.75) is 32.3 Å². The van der Waals surface area contributed by atoms with Gasteiger partial charge in [0.15, 0.2) is 5.78 Å². The highest BCUT2D eigenvalue weighted by molar-refractivity contribution is 5.96. The fourth-order valence-corrected chi connectivity index (χ4v) is 1.85. The fraction of sp³-hybridized carbons (Fsp3) is 0.818. The molecule has 5 nitrogen and oxygen atoms in total. The second kappa shape index (κ2) is 5.41. The zero-order chi connectivity index (χ0) is 12.2. The third kappa shape index (κ3) is 4.28. The van der Waals surface area contributed by atoms with E-state index in [-0.39, 0.29) is 18.7 Å². The minimum atomic E-state index is -0.704. The van der Waals surface area contributed by atoms with Crippen LogP contribution in [0, 0.1) is 0 Å². The second-order valence-corrected chi connectivity index (χ2v) is 4.48. The van der Waals surface area contributed by atoms with Gasteiger partial charge >= 0.3 is 5.97 Å². The van der Waals surface area contributed by atoms with Crippen molar-refractivity contribution in [2.75, 3.05) is 26.2 Å². The summed E-state index contributed by atoms with van der Waals surface area (Å²) in [4.78, 5) is 24.4. The number of carbonyl (C=O) groups excluding carboxylic acids is 2. The molecule has 1 rings (SSSR count). The molecule has 92 valence electrons. The number of carbonyl (C=O) groups is 2. The van der Waals surface area contributed by atoms with Gasteiger partial charge in [-0.25, -0.2) is 0 Å². The number of ether oxygens (including phenoxy) is 1. The number of rotatable bonds is 5. The third-order valence-corrected chi connectivity index (χ3v) is 2.58. The van der Waals surface area contributed by atoms with Gasteiger partial charge < -0.3 is 9.84 Å². The van der Waals surface area contributed by atoms with Crippen molar-refractivity contribution >= 4 is 11.8 Å². The first-order valence-corrected chi connectivity index (χ1v) is 5.55. The molecule has 0 spiro atoms. The molecule has 0 radical (unpaired) electrons. The number of hydrogen-bond donors (Lipinski definition) is 1. The van der Waals surface area contributed by atoms with Gasteiger partial charge in [-0.2, -0.15) is 0 Å². The van der Waals surface area contributed by atoms with Gasteiger partial charge in [0.25, 0.3) is 0 Å². The average Bonchev–Trinajstić information content (AvgIpc) is 2.45. The van der Waals surface area contributed by atoms with E-state index in [1.54, 1.807) is 13.8 Å². The van der Waals surface area contributed by atoms with Gasteiger partial charge in [0.1, 0.15) is 6.42 Å². The Morgan fingerprint density at radius 3 is 2.69 bits per heavy atom. The maximum Gasteiger partial charge on any atom is 0.313 e. The first-order chi connectivity index (χ1) is 7.43. The Morgan fingerprint density at radius 2 is 2.19 bits per heavy atom. The molecule has 0 bridgehead atoms. The monoisotopic (exact) mass is 229 g/mol. The highest BCUT2D eigenvalue weighted by Crippen LogP contribution is 2.19. The Labute approximate surface area is 95.4 Å². The lowest BCUT2D eigenvalue weighted by atomic mass is 10.1. The molecule has 0 aliphatic carbocycles. The molecule has 5 heteroatoms. The lowest BCUT2D eigenvalue weighted by Crippen LogP contribution is -2.33. The smallest absolute Gasteiger partial charge is 0.313 e. The Hall–Kier alpha value is -0.940. The Balaban J connectivity index is 2.28. The van der Waals surface area contributed by atoms with E-state index in [2.05, 4.69) is 0 Å². The van der Waals surface area contributed by atoms with E-state index in [1.807, 2.05) is 4.90 Å². The topological polar surface area (TPSA) is 66.8 Å². The number of nitrogens with zero attached hydrogens (tertiary/aromatic N) is 1. The molecule has 0 aromatic rings. The van der Waals surface area contributed by atoms with Crippen LogP contribution in [-0.4, -0.2) is 53.6 Å². The van der Waals surface area contributed by atoms with Crippen molar-refractivity contribution in [3.05, 3.63) is 0 Å². The number of hydrogen-bond acceptors (Lipinski definition) is 5. The molecule has 0 amide bonds. The highest BCUT2D eigenvalue weighted by Gasteiger charge is 2.32. The van der Waals surface area contributed by atoms with Gasteiger partial charge in [0.2, 0.25) is 0 Å². The first kappa shape index (κ1) is 13.1. The predicted octanol–water partition coefficient (Wildman–Crippen LogP) is -0.0346. The normalized spacial score (nSPS) is 25.7. The summed E-state index contributed by atoms with van der Waals surface area (Å²) in [5.41, 5.74) is -0.704. The van der Waals surface area contributed by atoms with Crippen molar-refractivity contribution in [1.29, 1.82) is 0 Å². The van der Waals surface area contributed by atoms with Crippen LogP contribution in [0.1, 0.15) is 26.7 Å². The van der Waals surface area contributed by atoms with Crippen LogP contribution >= 0.6 is 0 Å². The molecular formula is C11H19NO4. The van der Waals surface area contributed by atoms with Crippen molar-refractivity contribution < 1.29 is 19.4 Å². The number of ketones is 1. The number of Topliss-reactive ketones (excluding diaryl/α,β-unsaturated/α-hetero) is 1. The molecular weight excluding hydrogens is 210 g/mol. The third-order valence-electron chi connectivity index (χ3n) is 2.58. The lowest BCUT2D eigenvalue weighted by Gasteiger charge is -2.17. The van der Waals surface area contributed by atoms with E-state index in [9.17, 15) is 14.7 Å². The van der Waals surface area contributed by atoms with E-state index >= 15 is 0 Å². The van der Waals surface area contributed by atoms with Crippen LogP contribution in [0.5, 0.6) is 0 Å². The van der Waals surface area contributed by atoms with E-state index in [0.717, 1.165) is 0 Å². The summed E-state index contributed by atoms with van der Waals surface area (Å²) in [6.45, 7) is 5.16. The van der Waals surface area contributed by atoms with Crippen molar-refractivity contribution in [3.63, 3.8) is 0 Å². The van der Waals surface area contributed by atoms with Gasteiger partial charge in [-0.15, -0.1) is 0 Å². The first-order valence-electron chi connectivity index (χ1n) is 5.55. The van der Waals surface area contributed by atoms with E-state index in [0.29, 0.717) is 26.1 Å². The van der Waals surface area contributed by atoms with Gasteiger partial charge in [-0.05, 0) is 20.3 Å². The number of likely N-dealkylation sites (tertiary alicyclic amines) is 1. The van der Waals surface area contributed by atoms with Crippen LogP contribution in [0.25, 0.3) is 0 Å². The standard InChI is InChI=1S/C11H19NO4/c1-3-16-10(14)6-9(13)7-12-5-4-11(2,15)8-12/h15H,3-8H2,1-2H3. The van der Waals surface area contributed by atoms with Crippen LogP contribution in [-0.2, 0) is 14.3 Å². The zero-order valence-electron chi connectivity index (χ0n) is 9.86. The number of β-amino-alcohol motifs (C(OH)–C–C–N with tert-alkyl or cyclic N) is 1. The van der Waals surface area contributed by atoms with Gasteiger partial charge in [0, 0.05) is 13.1 Å². The van der Waals surface area contributed by atoms with Crippen molar-refractivity contribution in [3.8, 4) is 0 Å². The maximum absolute atomic E-state index is 11.5. The minimum Gasteiger partial charge on any atom is -0.466 e. The van der Waals surface area contributed by atoms with E-state index in [1.165, 1.54) is 0 Å². The number of aliphatic hydroxyl groups is 1. The summed E-state index contributed by atoms with van der Waals surface area (Å²) in [5.74, 6) is -0.630. The fourth-order valence-electron chi connectivity index (χ4n) is 1.85. The molecule has 0 aromatic carbocycles. The molecule has 1 aliphatic rings. The summed E-state index contributed by atoms with van der Waals surface area (Å²) in [7, 11) is 0. The quantitative estimate of drug-likeness (QED) is 0.529. The maximum atomic E-state index is 11.5. The lowest BCUT2D eigenvalue weighted by molar-refractivity contribution is -0.145. The predicted molar refractivity (Wildman–Crippen MR) is 57.9 cm³/mol. The zero-order valence-corrected chi connectivity index (χ0v) is 9.86. The summed E-state index contributed by atoms with van der Waals surface area (Å²) >= 11 is 0. The molecule has 1 N–H and O–H groups in total. The summed E-state index contributed by atoms with van der Waals surface area (Å²) < 4.78 is 4.69. The molecule has 1 fully saturated rings. The molecule has 1 saturated heterocycles. The van der Waals surface area contributed by atoms with E-state index in [4.69, 9.17) is 4.74 Å². The summed E-state index contributed by atoms with van der Waals surface area (Å²) in [6.07, 6.45) is 0.492. The Kier molecular flexibility index (Phi) is 4.44. The van der Waals surface area contributed by atoms with Crippen molar-refractivity contribution in [2.24, 2.45) is 0 Å². The SMILES string of the molecule is CCOC(=O)CC(=O)CN1CCC(C)(O)C1. The molecule has 1 heterocycles. The molecule has 0 saturated carbocycles. The average molecular weight is 229 g/mol. The van der Waals surface area contributed by atoms with E-state index < -0.39 is 11.6 Å². The van der Waals surface area contributed by atoms with Gasteiger partial charge in [0.05, 0.1) is 18.8 Å². The molecule has 0 aromatic heterocycles. The summed E-state index contributed by atoms with van der Waals surface area (Å²) in [5, 5.41) is 9.70.